The smallest absolute Gasteiger partial charge is 0.277 e. The van der Waals surface area contributed by atoms with Crippen LogP contribution in [0.25, 0.3) is 11.5 Å². The molecular formula is C17H15ClN4O3S. The molecule has 9 heteroatoms. The molecule has 7 nitrogen and oxygen atoms in total. The summed E-state index contributed by atoms with van der Waals surface area (Å²) in [5, 5.41) is 11.1. The molecule has 0 aliphatic carbocycles. The summed E-state index contributed by atoms with van der Waals surface area (Å²) < 4.78 is 10.7. The van der Waals surface area contributed by atoms with Gasteiger partial charge in [0, 0.05) is 11.8 Å². The number of nitrogens with zero attached hydrogens (tertiary/aromatic N) is 3. The van der Waals surface area contributed by atoms with E-state index in [1.807, 2.05) is 24.3 Å². The quantitative estimate of drug-likeness (QED) is 0.638. The Kier molecular flexibility index (Phi) is 5.75. The number of pyridine rings is 1. The molecule has 1 N–H and O–H groups in total. The molecule has 0 bridgehead atoms. The van der Waals surface area contributed by atoms with E-state index in [-0.39, 0.29) is 5.91 Å². The van der Waals surface area contributed by atoms with E-state index in [1.165, 1.54) is 18.0 Å². The van der Waals surface area contributed by atoms with Crippen LogP contribution in [0.4, 0.5) is 5.82 Å². The molecule has 2 aromatic heterocycles. The molecule has 2 heterocycles. The van der Waals surface area contributed by atoms with Gasteiger partial charge >= 0.3 is 0 Å². The fourth-order valence-electron chi connectivity index (χ4n) is 1.99. The zero-order valence-electron chi connectivity index (χ0n) is 14.0. The summed E-state index contributed by atoms with van der Waals surface area (Å²) >= 11 is 6.94. The van der Waals surface area contributed by atoms with Gasteiger partial charge in [-0.15, -0.1) is 10.2 Å². The molecule has 0 saturated carbocycles. The molecule has 134 valence electrons. The summed E-state index contributed by atoms with van der Waals surface area (Å²) in [6, 6.07) is 10.5. The lowest BCUT2D eigenvalue weighted by Crippen LogP contribution is -2.22. The van der Waals surface area contributed by atoms with Crippen LogP contribution >= 0.6 is 23.4 Å². The molecule has 0 radical (unpaired) electrons. The fourth-order valence-corrected chi connectivity index (χ4v) is 2.79. The van der Waals surface area contributed by atoms with Gasteiger partial charge in [0.25, 0.3) is 5.22 Å². The van der Waals surface area contributed by atoms with E-state index >= 15 is 0 Å². The lowest BCUT2D eigenvalue weighted by atomic mass is 10.2. The van der Waals surface area contributed by atoms with Crippen molar-refractivity contribution in [3.63, 3.8) is 0 Å². The van der Waals surface area contributed by atoms with Gasteiger partial charge in [0.2, 0.25) is 11.8 Å². The maximum atomic E-state index is 12.2. The topological polar surface area (TPSA) is 90.1 Å². The lowest BCUT2D eigenvalue weighted by Gasteiger charge is -2.09. The third kappa shape index (κ3) is 4.53. The SMILES string of the molecule is COc1ccc(-c2nnc(SC(C)C(=O)Nc3ccc(Cl)cn3)o2)cc1. The largest absolute Gasteiger partial charge is 0.497 e. The highest BCUT2D eigenvalue weighted by atomic mass is 35.5. The van der Waals surface area contributed by atoms with E-state index in [4.69, 9.17) is 20.8 Å². The number of hydrogen-bond donors (Lipinski definition) is 1. The van der Waals surface area contributed by atoms with Crippen molar-refractivity contribution in [2.45, 2.75) is 17.4 Å². The Morgan fingerprint density at radius 2 is 2.00 bits per heavy atom. The lowest BCUT2D eigenvalue weighted by molar-refractivity contribution is -0.115. The summed E-state index contributed by atoms with van der Waals surface area (Å²) in [6.07, 6.45) is 1.47. The predicted molar refractivity (Wildman–Crippen MR) is 99.5 cm³/mol. The predicted octanol–water partition coefficient (Wildman–Crippen LogP) is 3.91. The Labute approximate surface area is 159 Å². The molecule has 1 amide bonds. The van der Waals surface area contributed by atoms with Crippen LogP contribution < -0.4 is 10.1 Å². The highest BCUT2D eigenvalue weighted by Crippen LogP contribution is 2.27. The second-order valence-electron chi connectivity index (χ2n) is 5.21. The molecule has 3 rings (SSSR count). The third-order valence-corrected chi connectivity index (χ3v) is 4.53. The molecule has 1 unspecified atom stereocenters. The van der Waals surface area contributed by atoms with Gasteiger partial charge in [0.05, 0.1) is 17.4 Å². The minimum absolute atomic E-state index is 0.228. The average Bonchev–Trinajstić information content (AvgIpc) is 3.12. The summed E-state index contributed by atoms with van der Waals surface area (Å²) in [4.78, 5) is 16.3. The number of carbonyl (C=O) groups excluding carboxylic acids is 1. The van der Waals surface area contributed by atoms with Gasteiger partial charge in [-0.2, -0.15) is 0 Å². The van der Waals surface area contributed by atoms with Crippen LogP contribution in [-0.2, 0) is 4.79 Å². The fraction of sp³-hybridized carbons (Fsp3) is 0.176. The molecular weight excluding hydrogens is 376 g/mol. The number of halogens is 1. The van der Waals surface area contributed by atoms with Crippen molar-refractivity contribution in [3.8, 4) is 17.2 Å². The number of rotatable bonds is 6. The normalized spacial score (nSPS) is 11.8. The highest BCUT2D eigenvalue weighted by molar-refractivity contribution is 8.00. The first-order chi connectivity index (χ1) is 12.5. The number of benzene rings is 1. The Morgan fingerprint density at radius 3 is 2.65 bits per heavy atom. The highest BCUT2D eigenvalue weighted by Gasteiger charge is 2.19. The molecule has 1 aromatic carbocycles. The van der Waals surface area contributed by atoms with Crippen molar-refractivity contribution in [1.29, 1.82) is 0 Å². The van der Waals surface area contributed by atoms with Gasteiger partial charge in [0.1, 0.15) is 11.6 Å². The van der Waals surface area contributed by atoms with Gasteiger partial charge < -0.3 is 14.5 Å². The second kappa shape index (κ2) is 8.20. The number of aromatic nitrogens is 3. The molecule has 0 fully saturated rings. The molecule has 0 aliphatic heterocycles. The van der Waals surface area contributed by atoms with Crippen LogP contribution in [0.3, 0.4) is 0 Å². The second-order valence-corrected chi connectivity index (χ2v) is 6.94. The van der Waals surface area contributed by atoms with Crippen molar-refractivity contribution >= 4 is 35.1 Å². The van der Waals surface area contributed by atoms with Gasteiger partial charge in [-0.3, -0.25) is 4.79 Å². The molecule has 1 atom stereocenters. The van der Waals surface area contributed by atoms with E-state index in [1.54, 1.807) is 26.2 Å². The number of anilines is 1. The summed E-state index contributed by atoms with van der Waals surface area (Å²) in [5.74, 6) is 1.32. The zero-order chi connectivity index (χ0) is 18.5. The minimum atomic E-state index is -0.448. The molecule has 0 aliphatic rings. The van der Waals surface area contributed by atoms with Crippen molar-refractivity contribution < 1.29 is 13.9 Å². The van der Waals surface area contributed by atoms with Gasteiger partial charge in [-0.25, -0.2) is 4.98 Å². The average molecular weight is 391 g/mol. The van der Waals surface area contributed by atoms with Crippen molar-refractivity contribution in [2.24, 2.45) is 0 Å². The number of amides is 1. The monoisotopic (exact) mass is 390 g/mol. The van der Waals surface area contributed by atoms with Gasteiger partial charge in [-0.05, 0) is 43.3 Å². The van der Waals surface area contributed by atoms with E-state index in [2.05, 4.69) is 20.5 Å². The number of nitrogens with one attached hydrogen (secondary N) is 1. The first kappa shape index (κ1) is 18.2. The summed E-state index contributed by atoms with van der Waals surface area (Å²) in [5.41, 5.74) is 0.771. The minimum Gasteiger partial charge on any atom is -0.497 e. The van der Waals surface area contributed by atoms with Crippen LogP contribution in [0.1, 0.15) is 6.92 Å². The first-order valence-electron chi connectivity index (χ1n) is 7.62. The Balaban J connectivity index is 1.62. The number of thioether (sulfide) groups is 1. The van der Waals surface area contributed by atoms with E-state index in [9.17, 15) is 4.79 Å². The number of carbonyl (C=O) groups is 1. The summed E-state index contributed by atoms with van der Waals surface area (Å²) in [7, 11) is 1.60. The maximum absolute atomic E-state index is 12.2. The Morgan fingerprint density at radius 1 is 1.23 bits per heavy atom. The molecule has 3 aromatic rings. The van der Waals surface area contributed by atoms with Gasteiger partial charge in [-0.1, -0.05) is 23.4 Å². The van der Waals surface area contributed by atoms with Crippen LogP contribution in [-0.4, -0.2) is 33.4 Å². The van der Waals surface area contributed by atoms with Crippen molar-refractivity contribution in [3.05, 3.63) is 47.6 Å². The molecule has 0 spiro atoms. The van der Waals surface area contributed by atoms with Gasteiger partial charge in [0.15, 0.2) is 0 Å². The van der Waals surface area contributed by atoms with Crippen LogP contribution in [0, 0.1) is 0 Å². The van der Waals surface area contributed by atoms with E-state index < -0.39 is 5.25 Å². The summed E-state index contributed by atoms with van der Waals surface area (Å²) in [6.45, 7) is 1.74. The molecule has 26 heavy (non-hydrogen) atoms. The first-order valence-corrected chi connectivity index (χ1v) is 8.88. The number of methoxy groups -OCH3 is 1. The van der Waals surface area contributed by atoms with E-state index in [0.29, 0.717) is 22.0 Å². The van der Waals surface area contributed by atoms with Crippen LogP contribution in [0.2, 0.25) is 5.02 Å². The van der Waals surface area contributed by atoms with Crippen LogP contribution in [0.5, 0.6) is 5.75 Å². The van der Waals surface area contributed by atoms with E-state index in [0.717, 1.165) is 11.3 Å². The number of hydrogen-bond acceptors (Lipinski definition) is 7. The van der Waals surface area contributed by atoms with Crippen molar-refractivity contribution in [1.82, 2.24) is 15.2 Å². The zero-order valence-corrected chi connectivity index (χ0v) is 15.5. The van der Waals surface area contributed by atoms with Crippen molar-refractivity contribution in [2.75, 3.05) is 12.4 Å². The van der Waals surface area contributed by atoms with Crippen LogP contribution in [0.15, 0.2) is 52.2 Å². The standard InChI is InChI=1S/C17H15ClN4O3S/c1-10(15(23)20-14-8-5-12(18)9-19-14)26-17-22-21-16(25-17)11-3-6-13(24-2)7-4-11/h3-10H,1-2H3,(H,19,20,23). The number of ether oxygens (including phenoxy) is 1. The Hall–Kier alpha value is -2.58. The Bertz CT molecular complexity index is 884. The molecule has 0 saturated heterocycles. The maximum Gasteiger partial charge on any atom is 0.277 e. The third-order valence-electron chi connectivity index (χ3n) is 3.37.